The van der Waals surface area contributed by atoms with E-state index in [9.17, 15) is 4.79 Å². The average Bonchev–Trinajstić information content (AvgIpc) is 3.59. The summed E-state index contributed by atoms with van der Waals surface area (Å²) in [5.41, 5.74) is 7.84. The van der Waals surface area contributed by atoms with Gasteiger partial charge >= 0.3 is 0 Å². The van der Waals surface area contributed by atoms with Crippen LogP contribution in [0.2, 0.25) is 0 Å². The Morgan fingerprint density at radius 1 is 1.16 bits per heavy atom. The Morgan fingerprint density at radius 3 is 2.57 bits per heavy atom. The highest BCUT2D eigenvalue weighted by Gasteiger charge is 2.28. The first kappa shape index (κ1) is 26.9. The number of likely N-dealkylation sites (N-methyl/N-ethyl adjacent to an activating group) is 1. The van der Waals surface area contributed by atoms with Crippen LogP contribution in [-0.2, 0) is 11.2 Å². The smallest absolute Gasteiger partial charge is 0.214 e. The monoisotopic (exact) mass is 516 g/mol. The highest BCUT2D eigenvalue weighted by atomic mass is 32.1. The molecule has 1 aliphatic carbocycles. The lowest BCUT2D eigenvalue weighted by molar-refractivity contribution is -0.117. The number of hydrogen-bond donors (Lipinski definition) is 1. The van der Waals surface area contributed by atoms with E-state index in [1.807, 2.05) is 17.2 Å². The molecule has 1 aromatic carbocycles. The molecule has 5 nitrogen and oxygen atoms in total. The average molecular weight is 517 g/mol. The maximum atomic E-state index is 12.7. The molecule has 37 heavy (non-hydrogen) atoms. The topological polar surface area (TPSA) is 52.2 Å². The van der Waals surface area contributed by atoms with E-state index >= 15 is 0 Å². The molecule has 1 aliphatic rings. The van der Waals surface area contributed by atoms with E-state index in [2.05, 4.69) is 79.5 Å². The highest BCUT2D eigenvalue weighted by molar-refractivity contribution is 7.13. The molecule has 0 bridgehead atoms. The summed E-state index contributed by atoms with van der Waals surface area (Å²) in [6.07, 6.45) is 12.8. The van der Waals surface area contributed by atoms with E-state index in [-0.39, 0.29) is 6.04 Å². The van der Waals surface area contributed by atoms with Gasteiger partial charge in [-0.05, 0) is 45.3 Å². The number of aromatic amines is 1. The molecule has 3 aromatic rings. The van der Waals surface area contributed by atoms with E-state index in [1.165, 1.54) is 24.8 Å². The van der Waals surface area contributed by atoms with Gasteiger partial charge in [-0.3, -0.25) is 4.79 Å². The minimum absolute atomic E-state index is 0.237. The van der Waals surface area contributed by atoms with Crippen LogP contribution in [0.5, 0.6) is 0 Å². The van der Waals surface area contributed by atoms with Crippen molar-refractivity contribution in [2.24, 2.45) is 0 Å². The van der Waals surface area contributed by atoms with Crippen LogP contribution in [0.3, 0.4) is 0 Å². The molecule has 0 spiro atoms. The van der Waals surface area contributed by atoms with Gasteiger partial charge in [-0.15, -0.1) is 11.3 Å². The fourth-order valence-electron chi connectivity index (χ4n) is 5.03. The number of hydrogen-bond acceptors (Lipinski definition) is 4. The third kappa shape index (κ3) is 6.61. The zero-order valence-electron chi connectivity index (χ0n) is 22.7. The number of aromatic nitrogens is 2. The van der Waals surface area contributed by atoms with Crippen molar-refractivity contribution in [3.63, 3.8) is 0 Å². The van der Waals surface area contributed by atoms with Crippen LogP contribution in [0.4, 0.5) is 0 Å². The van der Waals surface area contributed by atoms with Crippen LogP contribution in [0.1, 0.15) is 69.3 Å². The molecule has 6 heteroatoms. The first-order valence-electron chi connectivity index (χ1n) is 13.5. The molecule has 0 atom stereocenters. The minimum Gasteiger partial charge on any atom is -0.373 e. The Morgan fingerprint density at radius 2 is 1.92 bits per heavy atom. The SMILES string of the molecule is CC/C(C)=C\C(=C(/c1cc[nH]c1C)N(C=O)C1CCCCC1)N(C)CCc1csc(-c2ccccc2)n1. The normalized spacial score (nSPS) is 15.4. The van der Waals surface area contributed by atoms with E-state index in [0.29, 0.717) is 0 Å². The lowest BCUT2D eigenvalue weighted by atomic mass is 9.93. The quantitative estimate of drug-likeness (QED) is 0.213. The zero-order chi connectivity index (χ0) is 26.2. The number of nitrogens with zero attached hydrogens (tertiary/aromatic N) is 3. The van der Waals surface area contributed by atoms with Crippen LogP contribution in [-0.4, -0.2) is 45.8 Å². The lowest BCUT2D eigenvalue weighted by Gasteiger charge is -2.36. The molecule has 0 aliphatic heterocycles. The number of carbonyl (C=O) groups is 1. The Hall–Kier alpha value is -3.12. The minimum atomic E-state index is 0.237. The maximum absolute atomic E-state index is 12.7. The fraction of sp³-hybridized carbons (Fsp3) is 0.419. The predicted octanol–water partition coefficient (Wildman–Crippen LogP) is 7.44. The Kier molecular flexibility index (Phi) is 9.40. The van der Waals surface area contributed by atoms with E-state index < -0.39 is 0 Å². The number of rotatable bonds is 11. The van der Waals surface area contributed by atoms with Gasteiger partial charge in [-0.25, -0.2) is 4.98 Å². The van der Waals surface area contributed by atoms with Crippen molar-refractivity contribution >= 4 is 23.4 Å². The third-order valence-electron chi connectivity index (χ3n) is 7.42. The predicted molar refractivity (Wildman–Crippen MR) is 155 cm³/mol. The molecule has 196 valence electrons. The van der Waals surface area contributed by atoms with Gasteiger partial charge < -0.3 is 14.8 Å². The number of amides is 1. The number of H-pyrrole nitrogens is 1. The summed E-state index contributed by atoms with van der Waals surface area (Å²) in [6, 6.07) is 12.7. The van der Waals surface area contributed by atoms with Gasteiger partial charge in [0.2, 0.25) is 6.41 Å². The number of allylic oxidation sites excluding steroid dienone is 2. The summed E-state index contributed by atoms with van der Waals surface area (Å²) < 4.78 is 0. The van der Waals surface area contributed by atoms with Crippen molar-refractivity contribution < 1.29 is 4.79 Å². The van der Waals surface area contributed by atoms with Gasteiger partial charge in [0, 0.05) is 54.5 Å². The second-order valence-corrected chi connectivity index (χ2v) is 10.9. The molecule has 4 rings (SSSR count). The second-order valence-electron chi connectivity index (χ2n) is 10.1. The number of thiazole rings is 1. The first-order chi connectivity index (χ1) is 18.0. The van der Waals surface area contributed by atoms with Crippen molar-refractivity contribution in [1.29, 1.82) is 0 Å². The Labute approximate surface area is 225 Å². The summed E-state index contributed by atoms with van der Waals surface area (Å²) >= 11 is 1.70. The summed E-state index contributed by atoms with van der Waals surface area (Å²) in [5, 5.41) is 3.23. The van der Waals surface area contributed by atoms with Crippen LogP contribution in [0.25, 0.3) is 16.3 Å². The molecule has 2 aromatic heterocycles. The molecule has 1 amide bonds. The van der Waals surface area contributed by atoms with Gasteiger partial charge in [-0.1, -0.05) is 62.1 Å². The standard InChI is InChI=1S/C31H40N4OS/c1-5-23(2)20-29(34(4)19-17-26-21-37-31(33-26)25-12-8-6-9-13-25)30(28-16-18-32-24(28)3)35(22-36)27-14-10-7-11-15-27/h6,8-9,12-13,16,18,20-22,27,32H,5,7,10-11,14-15,17,19H2,1-4H3/b23-20-,30-29-. The molecule has 1 fully saturated rings. The highest BCUT2D eigenvalue weighted by Crippen LogP contribution is 2.34. The molecular formula is C31H40N4OS. The van der Waals surface area contributed by atoms with Crippen molar-refractivity contribution in [2.75, 3.05) is 13.6 Å². The summed E-state index contributed by atoms with van der Waals surface area (Å²) in [6.45, 7) is 7.26. The van der Waals surface area contributed by atoms with Gasteiger partial charge in [0.15, 0.2) is 0 Å². The number of aryl methyl sites for hydroxylation is 1. The third-order valence-corrected chi connectivity index (χ3v) is 8.36. The lowest BCUT2D eigenvalue weighted by Crippen LogP contribution is -2.37. The van der Waals surface area contributed by atoms with Gasteiger partial charge in [0.1, 0.15) is 5.01 Å². The molecule has 0 radical (unpaired) electrons. The van der Waals surface area contributed by atoms with Crippen LogP contribution in [0.15, 0.2) is 65.3 Å². The van der Waals surface area contributed by atoms with Crippen molar-refractivity contribution in [1.82, 2.24) is 19.8 Å². The van der Waals surface area contributed by atoms with Crippen molar-refractivity contribution in [3.8, 4) is 10.6 Å². The largest absolute Gasteiger partial charge is 0.373 e. The molecule has 1 N–H and O–H groups in total. The van der Waals surface area contributed by atoms with Crippen molar-refractivity contribution in [2.45, 2.75) is 71.8 Å². The molecule has 0 unspecified atom stereocenters. The summed E-state index contributed by atoms with van der Waals surface area (Å²) in [7, 11) is 2.14. The van der Waals surface area contributed by atoms with Gasteiger partial charge in [0.25, 0.3) is 0 Å². The Balaban J connectivity index is 1.69. The fourth-order valence-corrected chi connectivity index (χ4v) is 5.89. The second kappa shape index (κ2) is 12.9. The molecule has 2 heterocycles. The van der Waals surface area contributed by atoms with Crippen LogP contribution >= 0.6 is 11.3 Å². The van der Waals surface area contributed by atoms with Crippen LogP contribution < -0.4 is 0 Å². The van der Waals surface area contributed by atoms with E-state index in [1.54, 1.807) is 11.3 Å². The molecular weight excluding hydrogens is 476 g/mol. The van der Waals surface area contributed by atoms with Gasteiger partial charge in [-0.2, -0.15) is 0 Å². The molecule has 0 saturated heterocycles. The number of benzene rings is 1. The zero-order valence-corrected chi connectivity index (χ0v) is 23.5. The summed E-state index contributed by atoms with van der Waals surface area (Å²) in [5.74, 6) is 0. The molecule has 1 saturated carbocycles. The Bertz CT molecular complexity index is 1220. The van der Waals surface area contributed by atoms with Gasteiger partial charge in [0.05, 0.1) is 17.1 Å². The van der Waals surface area contributed by atoms with Crippen molar-refractivity contribution in [3.05, 3.63) is 82.3 Å². The maximum Gasteiger partial charge on any atom is 0.214 e. The number of nitrogens with one attached hydrogen (secondary N) is 1. The number of carbonyl (C=O) groups excluding carboxylic acids is 1. The first-order valence-corrected chi connectivity index (χ1v) is 14.4. The van der Waals surface area contributed by atoms with Crippen LogP contribution in [0, 0.1) is 6.92 Å². The van der Waals surface area contributed by atoms with E-state index in [0.717, 1.165) is 77.6 Å². The van der Waals surface area contributed by atoms with E-state index in [4.69, 9.17) is 4.98 Å². The summed E-state index contributed by atoms with van der Waals surface area (Å²) in [4.78, 5) is 25.3.